The number of imidazole rings is 1. The van der Waals surface area contributed by atoms with Crippen molar-refractivity contribution in [1.82, 2.24) is 14.9 Å². The molecule has 1 unspecified atom stereocenters. The second kappa shape index (κ2) is 7.43. The fourth-order valence-electron chi connectivity index (χ4n) is 2.47. The summed E-state index contributed by atoms with van der Waals surface area (Å²) >= 11 is 0. The Kier molecular flexibility index (Phi) is 5.57. The maximum atomic E-state index is 8.67. The molecule has 0 bridgehead atoms. The first kappa shape index (κ1) is 14.2. The molecule has 0 saturated carbocycles. The minimum Gasteiger partial charge on any atom is -0.394 e. The molecule has 0 aromatic carbocycles. The molecule has 1 heterocycles. The molecule has 106 valence electrons. The van der Waals surface area contributed by atoms with E-state index in [4.69, 9.17) is 9.84 Å². The van der Waals surface area contributed by atoms with E-state index in [0.717, 1.165) is 25.9 Å². The Morgan fingerprint density at radius 3 is 3.21 bits per heavy atom. The number of hydrogen-bond donors (Lipinski definition) is 2. The summed E-state index contributed by atoms with van der Waals surface area (Å²) in [4.78, 5) is 4.23. The summed E-state index contributed by atoms with van der Waals surface area (Å²) in [5.74, 6) is 0. The van der Waals surface area contributed by atoms with Crippen molar-refractivity contribution in [3.63, 3.8) is 0 Å². The van der Waals surface area contributed by atoms with Crippen molar-refractivity contribution < 1.29 is 9.84 Å². The van der Waals surface area contributed by atoms with Crippen LogP contribution >= 0.6 is 0 Å². The zero-order valence-corrected chi connectivity index (χ0v) is 11.5. The average Bonchev–Trinajstić information content (AvgIpc) is 3.03. The van der Waals surface area contributed by atoms with E-state index >= 15 is 0 Å². The van der Waals surface area contributed by atoms with Gasteiger partial charge in [-0.2, -0.15) is 0 Å². The zero-order valence-electron chi connectivity index (χ0n) is 11.5. The van der Waals surface area contributed by atoms with E-state index in [1.54, 1.807) is 0 Å². The first-order chi connectivity index (χ1) is 9.35. The molecule has 1 aromatic rings. The van der Waals surface area contributed by atoms with Gasteiger partial charge in [-0.1, -0.05) is 13.0 Å². The fraction of sp³-hybridized carbons (Fsp3) is 0.643. The van der Waals surface area contributed by atoms with Crippen LogP contribution in [0.5, 0.6) is 0 Å². The maximum Gasteiger partial charge on any atom is 0.0951 e. The van der Waals surface area contributed by atoms with Gasteiger partial charge in [-0.3, -0.25) is 0 Å². The summed E-state index contributed by atoms with van der Waals surface area (Å²) in [7, 11) is 0. The van der Waals surface area contributed by atoms with Crippen LogP contribution in [-0.4, -0.2) is 47.1 Å². The highest BCUT2D eigenvalue weighted by Gasteiger charge is 2.19. The van der Waals surface area contributed by atoms with E-state index in [2.05, 4.69) is 27.9 Å². The lowest BCUT2D eigenvalue weighted by atomic mass is 10.1. The van der Waals surface area contributed by atoms with Crippen LogP contribution in [0.1, 0.15) is 25.5 Å². The van der Waals surface area contributed by atoms with E-state index < -0.39 is 0 Å². The van der Waals surface area contributed by atoms with Crippen LogP contribution in [0.25, 0.3) is 5.57 Å². The van der Waals surface area contributed by atoms with Crippen LogP contribution in [0.15, 0.2) is 18.6 Å². The highest BCUT2D eigenvalue weighted by atomic mass is 16.5. The number of ether oxygens (including phenoxy) is 1. The van der Waals surface area contributed by atoms with E-state index in [-0.39, 0.29) is 6.61 Å². The van der Waals surface area contributed by atoms with Gasteiger partial charge in [0.1, 0.15) is 0 Å². The number of aliphatic hydroxyl groups excluding tert-OH is 1. The highest BCUT2D eigenvalue weighted by Crippen LogP contribution is 2.27. The van der Waals surface area contributed by atoms with E-state index in [1.807, 2.05) is 12.5 Å². The fourth-order valence-corrected chi connectivity index (χ4v) is 2.47. The van der Waals surface area contributed by atoms with Crippen molar-refractivity contribution in [2.24, 2.45) is 0 Å². The van der Waals surface area contributed by atoms with E-state index in [1.165, 1.54) is 11.3 Å². The largest absolute Gasteiger partial charge is 0.394 e. The predicted molar refractivity (Wildman–Crippen MR) is 74.8 cm³/mol. The molecule has 1 aliphatic rings. The second-order valence-electron chi connectivity index (χ2n) is 4.73. The number of aromatic nitrogens is 2. The molecule has 1 aliphatic carbocycles. The first-order valence-electron chi connectivity index (χ1n) is 6.96. The van der Waals surface area contributed by atoms with Gasteiger partial charge in [0.05, 0.1) is 38.0 Å². The summed E-state index contributed by atoms with van der Waals surface area (Å²) in [5, 5.41) is 12.2. The maximum absolute atomic E-state index is 8.67. The third kappa shape index (κ3) is 3.89. The molecule has 0 saturated heterocycles. The molecule has 0 amide bonds. The molecule has 5 nitrogen and oxygen atoms in total. The lowest BCUT2D eigenvalue weighted by molar-refractivity contribution is 0.0869. The standard InChI is InChI=1S/C14H23N3O2/c1-2-16-13-4-3-12(9-13)14-10-15-11-17(14)5-7-19-8-6-18/h3,10-11,13,16,18H,2,4-9H2,1H3. The number of nitrogens with zero attached hydrogens (tertiary/aromatic N) is 2. The van der Waals surface area contributed by atoms with E-state index in [9.17, 15) is 0 Å². The summed E-state index contributed by atoms with van der Waals surface area (Å²) in [6, 6.07) is 0.564. The SMILES string of the molecule is CCNC1CC=C(c2cncn2CCOCCO)C1. The van der Waals surface area contributed by atoms with Gasteiger partial charge in [0.25, 0.3) is 0 Å². The average molecular weight is 265 g/mol. The van der Waals surface area contributed by atoms with Crippen LogP contribution in [0.2, 0.25) is 0 Å². The molecule has 1 aromatic heterocycles. The molecule has 0 aliphatic heterocycles. The predicted octanol–water partition coefficient (Wildman–Crippen LogP) is 1.05. The van der Waals surface area contributed by atoms with Crippen molar-refractivity contribution in [1.29, 1.82) is 0 Å². The lowest BCUT2D eigenvalue weighted by Crippen LogP contribution is -2.26. The molecule has 2 rings (SSSR count). The number of hydrogen-bond acceptors (Lipinski definition) is 4. The third-order valence-corrected chi connectivity index (χ3v) is 3.36. The van der Waals surface area contributed by atoms with Crippen molar-refractivity contribution in [2.75, 3.05) is 26.4 Å². The normalized spacial score (nSPS) is 18.8. The van der Waals surface area contributed by atoms with Crippen LogP contribution in [0.4, 0.5) is 0 Å². The van der Waals surface area contributed by atoms with Gasteiger partial charge in [0.15, 0.2) is 0 Å². The Morgan fingerprint density at radius 1 is 1.53 bits per heavy atom. The molecule has 0 radical (unpaired) electrons. The van der Waals surface area contributed by atoms with Crippen LogP contribution in [0.3, 0.4) is 0 Å². The molecule has 5 heteroatoms. The molecular weight excluding hydrogens is 242 g/mol. The monoisotopic (exact) mass is 265 g/mol. The molecule has 0 fully saturated rings. The summed E-state index contributed by atoms with van der Waals surface area (Å²) in [5.41, 5.74) is 2.55. The minimum atomic E-state index is 0.0757. The molecule has 2 N–H and O–H groups in total. The van der Waals surface area contributed by atoms with Crippen molar-refractivity contribution in [3.05, 3.63) is 24.3 Å². The number of aliphatic hydroxyl groups is 1. The molecular formula is C14H23N3O2. The van der Waals surface area contributed by atoms with Gasteiger partial charge in [-0.05, 0) is 25.0 Å². The Morgan fingerprint density at radius 2 is 2.42 bits per heavy atom. The van der Waals surface area contributed by atoms with Gasteiger partial charge in [-0.25, -0.2) is 4.98 Å². The topological polar surface area (TPSA) is 59.3 Å². The summed E-state index contributed by atoms with van der Waals surface area (Å²) < 4.78 is 7.43. The zero-order chi connectivity index (χ0) is 13.5. The number of rotatable bonds is 8. The lowest BCUT2D eigenvalue weighted by Gasteiger charge is -2.12. The third-order valence-electron chi connectivity index (χ3n) is 3.36. The van der Waals surface area contributed by atoms with Crippen molar-refractivity contribution in [3.8, 4) is 0 Å². The van der Waals surface area contributed by atoms with Crippen LogP contribution in [-0.2, 0) is 11.3 Å². The first-order valence-corrected chi connectivity index (χ1v) is 6.96. The molecule has 1 atom stereocenters. The van der Waals surface area contributed by atoms with Gasteiger partial charge >= 0.3 is 0 Å². The molecule has 19 heavy (non-hydrogen) atoms. The van der Waals surface area contributed by atoms with Gasteiger partial charge in [0, 0.05) is 12.6 Å². The second-order valence-corrected chi connectivity index (χ2v) is 4.73. The Balaban J connectivity index is 1.89. The number of nitrogens with one attached hydrogen (secondary N) is 1. The van der Waals surface area contributed by atoms with Crippen molar-refractivity contribution in [2.45, 2.75) is 32.4 Å². The van der Waals surface area contributed by atoms with Gasteiger partial charge in [0.2, 0.25) is 0 Å². The Labute approximate surface area is 114 Å². The van der Waals surface area contributed by atoms with E-state index in [0.29, 0.717) is 19.3 Å². The Hall–Kier alpha value is -1.17. The van der Waals surface area contributed by atoms with Crippen LogP contribution in [0, 0.1) is 0 Å². The smallest absolute Gasteiger partial charge is 0.0951 e. The highest BCUT2D eigenvalue weighted by molar-refractivity contribution is 5.65. The van der Waals surface area contributed by atoms with Crippen LogP contribution < -0.4 is 5.32 Å². The minimum absolute atomic E-state index is 0.0757. The van der Waals surface area contributed by atoms with Crippen molar-refractivity contribution >= 4 is 5.57 Å². The van der Waals surface area contributed by atoms with Gasteiger partial charge < -0.3 is 19.7 Å². The quantitative estimate of drug-likeness (QED) is 0.690. The summed E-state index contributed by atoms with van der Waals surface area (Å²) in [6.45, 7) is 5.01. The Bertz CT molecular complexity index is 415. The summed E-state index contributed by atoms with van der Waals surface area (Å²) in [6.07, 6.45) is 8.23. The van der Waals surface area contributed by atoms with Gasteiger partial charge in [-0.15, -0.1) is 0 Å². The molecule has 0 spiro atoms.